The summed E-state index contributed by atoms with van der Waals surface area (Å²) in [7, 11) is 1.23. The van der Waals surface area contributed by atoms with Crippen LogP contribution in [0.2, 0.25) is 5.15 Å². The molecule has 0 saturated heterocycles. The van der Waals surface area contributed by atoms with Gasteiger partial charge in [0.25, 0.3) is 0 Å². The summed E-state index contributed by atoms with van der Waals surface area (Å²) < 4.78 is 4.69. The van der Waals surface area contributed by atoms with Gasteiger partial charge in [0.2, 0.25) is 0 Å². The normalized spacial score (nSPS) is 9.77. The molecule has 0 aliphatic heterocycles. The zero-order valence-electron chi connectivity index (χ0n) is 6.54. The fourth-order valence-electron chi connectivity index (χ4n) is 0.633. The van der Waals surface area contributed by atoms with Crippen molar-refractivity contribution in [2.24, 2.45) is 0 Å². The van der Waals surface area contributed by atoms with Gasteiger partial charge in [0.15, 0.2) is 16.7 Å². The molecule has 0 aliphatic rings. The number of methoxy groups -OCH3 is 1. The summed E-state index contributed by atoms with van der Waals surface area (Å²) in [6.45, 7) is 0. The summed E-state index contributed by atoms with van der Waals surface area (Å²) in [6, 6.07) is 0. The number of halogens is 2. The predicted molar refractivity (Wildman–Crippen MR) is 50.5 cm³/mol. The number of aromatic nitrogens is 2. The van der Waals surface area contributed by atoms with Gasteiger partial charge in [0.05, 0.1) is 7.11 Å². The van der Waals surface area contributed by atoms with E-state index >= 15 is 0 Å². The Kier molecular flexibility index (Phi) is 3.05. The third-order valence-corrected chi connectivity index (χ3v) is 2.06. The van der Waals surface area contributed by atoms with Gasteiger partial charge in [-0.2, -0.15) is 0 Å². The monoisotopic (exact) mass is 265 g/mol. The molecule has 0 aliphatic carbocycles. The Morgan fingerprint density at radius 1 is 1.62 bits per heavy atom. The Morgan fingerprint density at radius 2 is 2.23 bits per heavy atom. The maximum Gasteiger partial charge on any atom is 0.359 e. The van der Waals surface area contributed by atoms with E-state index in [0.717, 1.165) is 0 Å². The Balaban J connectivity index is 3.23. The lowest BCUT2D eigenvalue weighted by atomic mass is 10.4. The summed E-state index contributed by atoms with van der Waals surface area (Å²) >= 11 is 8.61. The number of anilines is 1. The maximum absolute atomic E-state index is 11.0. The molecule has 2 N–H and O–H groups in total. The van der Waals surface area contributed by atoms with E-state index in [1.807, 2.05) is 0 Å². The van der Waals surface area contributed by atoms with Gasteiger partial charge in [-0.1, -0.05) is 11.6 Å². The molecule has 0 bridgehead atoms. The average Bonchev–Trinajstić information content (AvgIpc) is 2.10. The molecule has 1 aromatic rings. The second-order valence-electron chi connectivity index (χ2n) is 2.03. The van der Waals surface area contributed by atoms with Crippen LogP contribution in [-0.4, -0.2) is 23.0 Å². The SMILES string of the molecule is COC(=O)c1nc(Br)c(N)nc1Cl. The lowest BCUT2D eigenvalue weighted by Crippen LogP contribution is -2.08. The molecule has 0 saturated carbocycles. The molecule has 1 aromatic heterocycles. The topological polar surface area (TPSA) is 78.1 Å². The van der Waals surface area contributed by atoms with Crippen LogP contribution < -0.4 is 5.73 Å². The molecular weight excluding hydrogens is 261 g/mol. The Hall–Kier alpha value is -0.880. The summed E-state index contributed by atoms with van der Waals surface area (Å²) in [6.07, 6.45) is 0. The van der Waals surface area contributed by atoms with E-state index in [2.05, 4.69) is 30.6 Å². The Morgan fingerprint density at radius 3 is 2.77 bits per heavy atom. The quantitative estimate of drug-likeness (QED) is 0.774. The third kappa shape index (κ3) is 2.07. The Labute approximate surface area is 87.4 Å². The maximum atomic E-state index is 11.0. The van der Waals surface area contributed by atoms with Gasteiger partial charge in [0.1, 0.15) is 4.60 Å². The van der Waals surface area contributed by atoms with E-state index in [9.17, 15) is 4.79 Å². The lowest BCUT2D eigenvalue weighted by molar-refractivity contribution is 0.0593. The highest BCUT2D eigenvalue weighted by atomic mass is 79.9. The van der Waals surface area contributed by atoms with Crippen molar-refractivity contribution in [2.45, 2.75) is 0 Å². The number of carbonyl (C=O) groups excluding carboxylic acids is 1. The van der Waals surface area contributed by atoms with Crippen molar-refractivity contribution in [3.8, 4) is 0 Å². The highest BCUT2D eigenvalue weighted by molar-refractivity contribution is 9.10. The molecule has 0 fully saturated rings. The van der Waals surface area contributed by atoms with E-state index in [-0.39, 0.29) is 21.3 Å². The minimum atomic E-state index is -0.654. The first kappa shape index (κ1) is 10.2. The van der Waals surface area contributed by atoms with Crippen molar-refractivity contribution >= 4 is 39.3 Å². The number of esters is 1. The van der Waals surface area contributed by atoms with Gasteiger partial charge in [-0.25, -0.2) is 14.8 Å². The van der Waals surface area contributed by atoms with Gasteiger partial charge in [0, 0.05) is 0 Å². The minimum absolute atomic E-state index is 0.0646. The van der Waals surface area contributed by atoms with Crippen LogP contribution in [0.3, 0.4) is 0 Å². The summed E-state index contributed by atoms with van der Waals surface area (Å²) in [5.41, 5.74) is 5.31. The molecule has 5 nitrogen and oxygen atoms in total. The summed E-state index contributed by atoms with van der Waals surface area (Å²) in [4.78, 5) is 18.5. The van der Waals surface area contributed by atoms with Crippen LogP contribution in [0.5, 0.6) is 0 Å². The average molecular weight is 266 g/mol. The zero-order valence-corrected chi connectivity index (χ0v) is 8.89. The molecule has 0 amide bonds. The third-order valence-electron chi connectivity index (χ3n) is 1.21. The van der Waals surface area contributed by atoms with Gasteiger partial charge < -0.3 is 10.5 Å². The van der Waals surface area contributed by atoms with Crippen LogP contribution in [0, 0.1) is 0 Å². The molecule has 1 rings (SSSR count). The number of hydrogen-bond donors (Lipinski definition) is 1. The smallest absolute Gasteiger partial charge is 0.359 e. The number of carbonyl (C=O) groups is 1. The van der Waals surface area contributed by atoms with Crippen molar-refractivity contribution in [3.05, 3.63) is 15.5 Å². The minimum Gasteiger partial charge on any atom is -0.464 e. The van der Waals surface area contributed by atoms with Gasteiger partial charge in [-0.15, -0.1) is 0 Å². The lowest BCUT2D eigenvalue weighted by Gasteiger charge is -2.02. The number of nitrogen functional groups attached to an aromatic ring is 1. The second-order valence-corrected chi connectivity index (χ2v) is 3.14. The van der Waals surface area contributed by atoms with Crippen molar-refractivity contribution in [1.82, 2.24) is 9.97 Å². The number of nitrogens with zero attached hydrogens (tertiary/aromatic N) is 2. The van der Waals surface area contributed by atoms with E-state index in [0.29, 0.717) is 0 Å². The van der Waals surface area contributed by atoms with Crippen molar-refractivity contribution < 1.29 is 9.53 Å². The predicted octanol–water partition coefficient (Wildman–Crippen LogP) is 1.26. The number of nitrogens with two attached hydrogens (primary N) is 1. The second kappa shape index (κ2) is 3.89. The molecule has 0 atom stereocenters. The molecule has 7 heteroatoms. The number of hydrogen-bond acceptors (Lipinski definition) is 5. The van der Waals surface area contributed by atoms with Gasteiger partial charge in [-0.05, 0) is 15.9 Å². The van der Waals surface area contributed by atoms with E-state index in [4.69, 9.17) is 17.3 Å². The highest BCUT2D eigenvalue weighted by Gasteiger charge is 2.16. The largest absolute Gasteiger partial charge is 0.464 e. The van der Waals surface area contributed by atoms with Gasteiger partial charge >= 0.3 is 5.97 Å². The van der Waals surface area contributed by atoms with Gasteiger partial charge in [-0.3, -0.25) is 0 Å². The van der Waals surface area contributed by atoms with Crippen molar-refractivity contribution in [2.75, 3.05) is 12.8 Å². The molecule has 13 heavy (non-hydrogen) atoms. The molecule has 70 valence electrons. The van der Waals surface area contributed by atoms with Crippen molar-refractivity contribution in [3.63, 3.8) is 0 Å². The fourth-order valence-corrected chi connectivity index (χ4v) is 1.11. The van der Waals surface area contributed by atoms with Crippen LogP contribution in [0.1, 0.15) is 10.5 Å². The highest BCUT2D eigenvalue weighted by Crippen LogP contribution is 2.20. The zero-order chi connectivity index (χ0) is 10.0. The number of rotatable bonds is 1. The molecule has 0 spiro atoms. The molecule has 0 aromatic carbocycles. The van der Waals surface area contributed by atoms with Crippen LogP contribution in [0.15, 0.2) is 4.60 Å². The molecule has 0 unspecified atom stereocenters. The van der Waals surface area contributed by atoms with Crippen molar-refractivity contribution in [1.29, 1.82) is 0 Å². The number of ether oxygens (including phenoxy) is 1. The summed E-state index contributed by atoms with van der Waals surface area (Å²) in [5.74, 6) is -0.532. The first-order valence-electron chi connectivity index (χ1n) is 3.13. The molecule has 1 heterocycles. The van der Waals surface area contributed by atoms with Crippen LogP contribution in [0.25, 0.3) is 0 Å². The van der Waals surface area contributed by atoms with E-state index in [1.165, 1.54) is 7.11 Å². The molecule has 0 radical (unpaired) electrons. The van der Waals surface area contributed by atoms with E-state index < -0.39 is 5.97 Å². The first-order valence-corrected chi connectivity index (χ1v) is 4.30. The first-order chi connectivity index (χ1) is 6.06. The standard InChI is InChI=1S/C6H5BrClN3O2/c1-13-6(12)2-4(8)11-5(9)3(7)10-2/h1H3,(H2,9,11). The van der Waals surface area contributed by atoms with Crippen LogP contribution in [-0.2, 0) is 4.74 Å². The van der Waals surface area contributed by atoms with Crippen LogP contribution >= 0.6 is 27.5 Å². The molecular formula is C6H5BrClN3O2. The summed E-state index contributed by atoms with van der Waals surface area (Å²) in [5, 5.41) is -0.0763. The fraction of sp³-hybridized carbons (Fsp3) is 0.167. The van der Waals surface area contributed by atoms with Crippen LogP contribution in [0.4, 0.5) is 5.82 Å². The van der Waals surface area contributed by atoms with E-state index in [1.54, 1.807) is 0 Å². The Bertz CT molecular complexity index is 358.